The first kappa shape index (κ1) is 17.2. The van der Waals surface area contributed by atoms with E-state index in [1.54, 1.807) is 6.92 Å². The van der Waals surface area contributed by atoms with Crippen molar-refractivity contribution in [2.75, 3.05) is 6.61 Å². The first-order valence-electron chi connectivity index (χ1n) is 7.26. The van der Waals surface area contributed by atoms with Crippen LogP contribution in [0.5, 0.6) is 0 Å². The van der Waals surface area contributed by atoms with Crippen LogP contribution in [0.2, 0.25) is 0 Å². The number of carbonyl (C=O) groups is 1. The number of aliphatic hydroxyl groups is 2. The van der Waals surface area contributed by atoms with Crippen LogP contribution in [0.25, 0.3) is 0 Å². The number of hydrogen-bond acceptors (Lipinski definition) is 6. The zero-order valence-corrected chi connectivity index (χ0v) is 14.5. The molecule has 2 N–H and O–H groups in total. The Hall–Kier alpha value is -0.110. The van der Waals surface area contributed by atoms with Crippen LogP contribution in [-0.4, -0.2) is 46.1 Å². The minimum absolute atomic E-state index is 0. The Morgan fingerprint density at radius 2 is 2.24 bits per heavy atom. The minimum Gasteiger partial charge on any atom is -0.543 e. The monoisotopic (exact) mass is 305 g/mol. The van der Waals surface area contributed by atoms with E-state index in [2.05, 4.69) is 0 Å². The average Bonchev–Trinajstić information content (AvgIpc) is 2.59. The number of aliphatic carboxylic acids is 1. The second-order valence-electron chi connectivity index (χ2n) is 5.97. The Morgan fingerprint density at radius 1 is 1.52 bits per heavy atom. The van der Waals surface area contributed by atoms with Gasteiger partial charge in [-0.3, -0.25) is 4.84 Å². The van der Waals surface area contributed by atoms with Gasteiger partial charge in [0.15, 0.2) is 0 Å². The minimum atomic E-state index is -1.22. The van der Waals surface area contributed by atoms with Crippen LogP contribution in [0.15, 0.2) is 11.3 Å². The van der Waals surface area contributed by atoms with Gasteiger partial charge in [-0.25, -0.2) is 5.06 Å². The van der Waals surface area contributed by atoms with Gasteiger partial charge in [0.2, 0.25) is 0 Å². The summed E-state index contributed by atoms with van der Waals surface area (Å²) in [4.78, 5) is 16.9. The summed E-state index contributed by atoms with van der Waals surface area (Å²) in [5.74, 6) is -1.04. The Morgan fingerprint density at radius 3 is 2.81 bits per heavy atom. The van der Waals surface area contributed by atoms with Crippen LogP contribution in [0.3, 0.4) is 0 Å². The van der Waals surface area contributed by atoms with Crippen molar-refractivity contribution in [1.82, 2.24) is 5.06 Å². The summed E-state index contributed by atoms with van der Waals surface area (Å²) in [5.41, 5.74) is 0.994. The van der Waals surface area contributed by atoms with E-state index in [0.29, 0.717) is 6.42 Å². The molecule has 0 aromatic heterocycles. The van der Waals surface area contributed by atoms with E-state index in [1.165, 1.54) is 5.06 Å². The van der Waals surface area contributed by atoms with Gasteiger partial charge in [0, 0.05) is 12.5 Å². The predicted octanol–water partition coefficient (Wildman–Crippen LogP) is -3.83. The van der Waals surface area contributed by atoms with Crippen LogP contribution in [0, 0.1) is 11.8 Å². The second-order valence-corrected chi connectivity index (χ2v) is 5.97. The molecule has 0 spiro atoms. The fourth-order valence-electron chi connectivity index (χ4n) is 4.02. The molecule has 3 rings (SSSR count). The van der Waals surface area contributed by atoms with E-state index in [9.17, 15) is 20.1 Å². The van der Waals surface area contributed by atoms with Crippen molar-refractivity contribution in [2.24, 2.45) is 11.8 Å². The van der Waals surface area contributed by atoms with Gasteiger partial charge < -0.3 is 20.1 Å². The number of carboxylic acid groups (broad SMARTS) is 1. The van der Waals surface area contributed by atoms with E-state index in [4.69, 9.17) is 4.84 Å². The standard InChI is InChI=1S/C14H21NO5.Na/c1-7(17)13-11-9-4-2-3-8(5-6-16)10(9)12(14(18)19)15(11)20-13;/h7-9,11,13,16-17H,2-6H2,1H3,(H,18,19);/q;+1/p-1/t7-,8?,9-,11-,13-;/m1./s1. The molecule has 112 valence electrons. The van der Waals surface area contributed by atoms with Crippen molar-refractivity contribution in [3.05, 3.63) is 11.3 Å². The Labute approximate surface area is 146 Å². The van der Waals surface area contributed by atoms with Gasteiger partial charge in [0.25, 0.3) is 0 Å². The summed E-state index contributed by atoms with van der Waals surface area (Å²) in [5, 5.41) is 31.8. The number of aliphatic hydroxyl groups excluding tert-OH is 2. The molecule has 1 aliphatic carbocycles. The smallest absolute Gasteiger partial charge is 0.543 e. The summed E-state index contributed by atoms with van der Waals surface area (Å²) in [6.45, 7) is 1.71. The summed E-state index contributed by atoms with van der Waals surface area (Å²) in [6, 6.07) is -0.0978. The Balaban J connectivity index is 0.00000161. The third-order valence-corrected chi connectivity index (χ3v) is 4.80. The Kier molecular flexibility index (Phi) is 5.39. The van der Waals surface area contributed by atoms with Crippen LogP contribution < -0.4 is 34.7 Å². The van der Waals surface area contributed by atoms with Gasteiger partial charge in [-0.15, -0.1) is 0 Å². The first-order chi connectivity index (χ1) is 9.56. The molecule has 2 heterocycles. The Bertz CT molecular complexity index is 451. The number of hydroxylamine groups is 2. The molecule has 3 aliphatic rings. The molecule has 0 radical (unpaired) electrons. The largest absolute Gasteiger partial charge is 1.00 e. The van der Waals surface area contributed by atoms with Crippen LogP contribution in [0.4, 0.5) is 0 Å². The summed E-state index contributed by atoms with van der Waals surface area (Å²) in [6.07, 6.45) is 2.40. The third-order valence-electron chi connectivity index (χ3n) is 4.80. The van der Waals surface area contributed by atoms with Gasteiger partial charge in [0.05, 0.1) is 23.8 Å². The van der Waals surface area contributed by atoms with Crippen molar-refractivity contribution in [2.45, 2.75) is 50.9 Å². The molecule has 2 fully saturated rings. The van der Waals surface area contributed by atoms with Crippen molar-refractivity contribution >= 4 is 5.97 Å². The summed E-state index contributed by atoms with van der Waals surface area (Å²) < 4.78 is 0. The average molecular weight is 305 g/mol. The van der Waals surface area contributed by atoms with Crippen LogP contribution in [-0.2, 0) is 9.63 Å². The molecule has 0 bridgehead atoms. The van der Waals surface area contributed by atoms with Gasteiger partial charge in [-0.1, -0.05) is 6.42 Å². The zero-order valence-electron chi connectivity index (χ0n) is 12.5. The zero-order chi connectivity index (χ0) is 14.4. The van der Waals surface area contributed by atoms with Gasteiger partial charge in [-0.2, -0.15) is 0 Å². The molecular formula is C14H20NNaO5. The maximum absolute atomic E-state index is 11.5. The normalized spacial score (nSPS) is 35.5. The van der Waals surface area contributed by atoms with E-state index in [1.807, 2.05) is 0 Å². The van der Waals surface area contributed by atoms with Crippen molar-refractivity contribution < 1.29 is 54.5 Å². The molecule has 7 heteroatoms. The SMILES string of the molecule is C[C@@H](O)[C@H]1ON2C(C(=O)[O-])=C3C(CCO)CCC[C@H]3[C@H]12.[Na+]. The molecule has 1 saturated carbocycles. The van der Waals surface area contributed by atoms with E-state index < -0.39 is 12.1 Å². The summed E-state index contributed by atoms with van der Waals surface area (Å²) in [7, 11) is 0. The number of nitrogens with zero attached hydrogens (tertiary/aromatic N) is 1. The number of hydrogen-bond donors (Lipinski definition) is 2. The number of carbonyl (C=O) groups excluding carboxylic acids is 1. The van der Waals surface area contributed by atoms with Crippen LogP contribution in [0.1, 0.15) is 32.6 Å². The fourth-order valence-corrected chi connectivity index (χ4v) is 4.02. The molecule has 1 saturated heterocycles. The second kappa shape index (κ2) is 6.56. The van der Waals surface area contributed by atoms with E-state index >= 15 is 0 Å². The number of rotatable bonds is 4. The molecule has 21 heavy (non-hydrogen) atoms. The maximum Gasteiger partial charge on any atom is 1.00 e. The number of carboxylic acids is 1. The maximum atomic E-state index is 11.5. The molecule has 6 nitrogen and oxygen atoms in total. The van der Waals surface area contributed by atoms with Crippen molar-refractivity contribution in [3.8, 4) is 0 Å². The number of fused-ring (bicyclic) bond motifs is 3. The molecule has 1 unspecified atom stereocenters. The predicted molar refractivity (Wildman–Crippen MR) is 66.7 cm³/mol. The molecule has 0 amide bonds. The quantitative estimate of drug-likeness (QED) is 0.517. The molecule has 0 aromatic carbocycles. The van der Waals surface area contributed by atoms with E-state index in [0.717, 1.165) is 24.8 Å². The third kappa shape index (κ3) is 2.66. The van der Waals surface area contributed by atoms with Crippen molar-refractivity contribution in [1.29, 1.82) is 0 Å². The van der Waals surface area contributed by atoms with Gasteiger partial charge >= 0.3 is 29.6 Å². The molecule has 5 atom stereocenters. The topological polar surface area (TPSA) is 93.1 Å². The van der Waals surface area contributed by atoms with Gasteiger partial charge in [0.1, 0.15) is 6.10 Å². The fraction of sp³-hybridized carbons (Fsp3) is 0.786. The molecule has 0 aromatic rings. The van der Waals surface area contributed by atoms with Gasteiger partial charge in [-0.05, 0) is 37.7 Å². The first-order valence-corrected chi connectivity index (χ1v) is 7.26. The molecular weight excluding hydrogens is 285 g/mol. The van der Waals surface area contributed by atoms with Crippen LogP contribution >= 0.6 is 0 Å². The summed E-state index contributed by atoms with van der Waals surface area (Å²) >= 11 is 0. The van der Waals surface area contributed by atoms with E-state index in [-0.39, 0.29) is 65.8 Å². The van der Waals surface area contributed by atoms with Crippen molar-refractivity contribution in [3.63, 3.8) is 0 Å². The molecule has 2 aliphatic heterocycles.